The molecule has 1 saturated heterocycles. The Labute approximate surface area is 137 Å². The summed E-state index contributed by atoms with van der Waals surface area (Å²) in [5.41, 5.74) is 2.24. The molecule has 0 aliphatic carbocycles. The Morgan fingerprint density at radius 2 is 2.23 bits per heavy atom. The van der Waals surface area contributed by atoms with Crippen LogP contribution in [0.5, 0.6) is 0 Å². The second-order valence-electron chi connectivity index (χ2n) is 5.44. The standard InChI is InChI=1S/C16H16ClN3OS/c17-12-3-1-11(2-4-12)15-14(5-7-21-15)18-9-13-10-20-6-8-22-16(20)19-13/h1-4,6,8,10,14-15,18H,5,7,9H2/t14-,15+/m1/s1. The van der Waals surface area contributed by atoms with Crippen LogP contribution in [0.1, 0.15) is 23.8 Å². The predicted molar refractivity (Wildman–Crippen MR) is 88.5 cm³/mol. The molecular weight excluding hydrogens is 318 g/mol. The summed E-state index contributed by atoms with van der Waals surface area (Å²) in [6.45, 7) is 1.54. The molecule has 2 atom stereocenters. The zero-order valence-electron chi connectivity index (χ0n) is 11.9. The van der Waals surface area contributed by atoms with Crippen LogP contribution in [0.2, 0.25) is 5.02 Å². The summed E-state index contributed by atoms with van der Waals surface area (Å²) in [5, 5.41) is 6.38. The summed E-state index contributed by atoms with van der Waals surface area (Å²) in [5.74, 6) is 0. The van der Waals surface area contributed by atoms with Gasteiger partial charge in [0.1, 0.15) is 0 Å². The number of hydrogen-bond donors (Lipinski definition) is 1. The van der Waals surface area contributed by atoms with E-state index in [0.717, 1.165) is 35.2 Å². The molecule has 4 nitrogen and oxygen atoms in total. The molecule has 1 fully saturated rings. The molecule has 2 aromatic heterocycles. The first kappa shape index (κ1) is 14.2. The summed E-state index contributed by atoms with van der Waals surface area (Å²) >= 11 is 7.61. The monoisotopic (exact) mass is 333 g/mol. The summed E-state index contributed by atoms with van der Waals surface area (Å²) < 4.78 is 7.95. The van der Waals surface area contributed by atoms with Crippen molar-refractivity contribution in [2.24, 2.45) is 0 Å². The number of aromatic nitrogens is 2. The number of imidazole rings is 1. The number of benzene rings is 1. The topological polar surface area (TPSA) is 38.6 Å². The number of fused-ring (bicyclic) bond motifs is 1. The summed E-state index contributed by atoms with van der Waals surface area (Å²) in [7, 11) is 0. The highest BCUT2D eigenvalue weighted by Gasteiger charge is 2.29. The van der Waals surface area contributed by atoms with Crippen molar-refractivity contribution in [1.82, 2.24) is 14.7 Å². The minimum absolute atomic E-state index is 0.0843. The second-order valence-corrected chi connectivity index (χ2v) is 6.75. The fourth-order valence-electron chi connectivity index (χ4n) is 2.88. The van der Waals surface area contributed by atoms with E-state index in [-0.39, 0.29) is 6.10 Å². The number of ether oxygens (including phenoxy) is 1. The van der Waals surface area contributed by atoms with Crippen molar-refractivity contribution in [3.8, 4) is 0 Å². The molecule has 114 valence electrons. The Morgan fingerprint density at radius 1 is 1.36 bits per heavy atom. The molecule has 0 radical (unpaired) electrons. The van der Waals surface area contributed by atoms with Crippen molar-refractivity contribution in [1.29, 1.82) is 0 Å². The maximum absolute atomic E-state index is 5.96. The van der Waals surface area contributed by atoms with E-state index in [2.05, 4.69) is 20.9 Å². The highest BCUT2D eigenvalue weighted by atomic mass is 35.5. The molecule has 0 unspecified atom stereocenters. The molecular formula is C16H16ClN3OS. The van der Waals surface area contributed by atoms with Crippen LogP contribution in [-0.2, 0) is 11.3 Å². The Bertz CT molecular complexity index is 739. The summed E-state index contributed by atoms with van der Waals surface area (Å²) in [6.07, 6.45) is 5.20. The fourth-order valence-corrected chi connectivity index (χ4v) is 3.72. The molecule has 0 spiro atoms. The third-order valence-corrected chi connectivity index (χ3v) is 5.00. The van der Waals surface area contributed by atoms with Gasteiger partial charge in [-0.05, 0) is 24.1 Å². The third kappa shape index (κ3) is 2.77. The normalized spacial score (nSPS) is 21.7. The number of nitrogens with one attached hydrogen (secondary N) is 1. The van der Waals surface area contributed by atoms with Gasteiger partial charge >= 0.3 is 0 Å². The van der Waals surface area contributed by atoms with Gasteiger partial charge in [-0.2, -0.15) is 0 Å². The molecule has 0 bridgehead atoms. The number of thiazole rings is 1. The van der Waals surface area contributed by atoms with Crippen LogP contribution in [0.3, 0.4) is 0 Å². The van der Waals surface area contributed by atoms with Gasteiger partial charge in [-0.25, -0.2) is 4.98 Å². The Balaban J connectivity index is 1.44. The lowest BCUT2D eigenvalue weighted by molar-refractivity contribution is 0.0984. The molecule has 4 rings (SSSR count). The molecule has 22 heavy (non-hydrogen) atoms. The van der Waals surface area contributed by atoms with Crippen LogP contribution >= 0.6 is 22.9 Å². The smallest absolute Gasteiger partial charge is 0.193 e. The number of nitrogens with zero attached hydrogens (tertiary/aromatic N) is 2. The van der Waals surface area contributed by atoms with E-state index in [9.17, 15) is 0 Å². The molecule has 6 heteroatoms. The van der Waals surface area contributed by atoms with Crippen LogP contribution in [0.4, 0.5) is 0 Å². The maximum atomic E-state index is 5.96. The first-order valence-electron chi connectivity index (χ1n) is 7.31. The zero-order valence-corrected chi connectivity index (χ0v) is 13.5. The average Bonchev–Trinajstić information content (AvgIpc) is 3.21. The van der Waals surface area contributed by atoms with E-state index in [1.807, 2.05) is 35.8 Å². The molecule has 1 aliphatic heterocycles. The summed E-state index contributed by atoms with van der Waals surface area (Å²) in [6, 6.07) is 8.22. The molecule has 3 heterocycles. The maximum Gasteiger partial charge on any atom is 0.193 e. The number of hydrogen-bond acceptors (Lipinski definition) is 4. The van der Waals surface area contributed by atoms with E-state index in [1.54, 1.807) is 11.3 Å². The first-order valence-corrected chi connectivity index (χ1v) is 8.57. The average molecular weight is 334 g/mol. The largest absolute Gasteiger partial charge is 0.372 e. The van der Waals surface area contributed by atoms with Crippen LogP contribution in [-0.4, -0.2) is 22.0 Å². The molecule has 3 aromatic rings. The van der Waals surface area contributed by atoms with Crippen molar-refractivity contribution in [2.75, 3.05) is 6.61 Å². The SMILES string of the molecule is Clc1ccc([C@@H]2OCC[C@H]2NCc2cn3ccsc3n2)cc1. The highest BCUT2D eigenvalue weighted by molar-refractivity contribution is 7.15. The molecule has 1 aliphatic rings. The Morgan fingerprint density at radius 3 is 3.05 bits per heavy atom. The van der Waals surface area contributed by atoms with Crippen molar-refractivity contribution >= 4 is 27.9 Å². The van der Waals surface area contributed by atoms with Crippen molar-refractivity contribution in [3.05, 3.63) is 58.3 Å². The predicted octanol–water partition coefficient (Wildman–Crippen LogP) is 3.67. The lowest BCUT2D eigenvalue weighted by Crippen LogP contribution is -2.31. The van der Waals surface area contributed by atoms with Gasteiger partial charge in [0, 0.05) is 42.0 Å². The third-order valence-electron chi connectivity index (χ3n) is 3.98. The van der Waals surface area contributed by atoms with Crippen LogP contribution in [0, 0.1) is 0 Å². The van der Waals surface area contributed by atoms with Gasteiger partial charge in [0.25, 0.3) is 0 Å². The lowest BCUT2D eigenvalue weighted by atomic mass is 10.0. The fraction of sp³-hybridized carbons (Fsp3) is 0.312. The molecule has 0 amide bonds. The first-order chi connectivity index (χ1) is 10.8. The van der Waals surface area contributed by atoms with Crippen molar-refractivity contribution in [2.45, 2.75) is 25.1 Å². The van der Waals surface area contributed by atoms with Gasteiger partial charge < -0.3 is 10.1 Å². The van der Waals surface area contributed by atoms with E-state index in [4.69, 9.17) is 16.3 Å². The van der Waals surface area contributed by atoms with Crippen LogP contribution in [0.25, 0.3) is 4.96 Å². The van der Waals surface area contributed by atoms with Gasteiger partial charge in [-0.3, -0.25) is 4.40 Å². The van der Waals surface area contributed by atoms with Gasteiger partial charge in [0.2, 0.25) is 0 Å². The van der Waals surface area contributed by atoms with E-state index in [1.165, 1.54) is 5.56 Å². The molecule has 0 saturated carbocycles. The lowest BCUT2D eigenvalue weighted by Gasteiger charge is -2.20. The Hall–Kier alpha value is -1.40. The zero-order chi connectivity index (χ0) is 14.9. The minimum atomic E-state index is 0.0843. The van der Waals surface area contributed by atoms with Gasteiger partial charge in [-0.15, -0.1) is 11.3 Å². The highest BCUT2D eigenvalue weighted by Crippen LogP contribution is 2.30. The van der Waals surface area contributed by atoms with Gasteiger partial charge in [0.15, 0.2) is 4.96 Å². The summed E-state index contributed by atoms with van der Waals surface area (Å²) in [4.78, 5) is 5.64. The molecule has 1 N–H and O–H groups in total. The molecule has 1 aromatic carbocycles. The van der Waals surface area contributed by atoms with Crippen LogP contribution in [0.15, 0.2) is 42.0 Å². The van der Waals surface area contributed by atoms with Crippen molar-refractivity contribution < 1.29 is 4.74 Å². The van der Waals surface area contributed by atoms with E-state index >= 15 is 0 Å². The number of halogens is 1. The van der Waals surface area contributed by atoms with Crippen LogP contribution < -0.4 is 5.32 Å². The van der Waals surface area contributed by atoms with E-state index in [0.29, 0.717) is 6.04 Å². The Kier molecular flexibility index (Phi) is 3.88. The van der Waals surface area contributed by atoms with Gasteiger partial charge in [0.05, 0.1) is 11.8 Å². The van der Waals surface area contributed by atoms with Gasteiger partial charge in [-0.1, -0.05) is 23.7 Å². The number of rotatable bonds is 4. The second kappa shape index (κ2) is 6.01. The van der Waals surface area contributed by atoms with Crippen molar-refractivity contribution in [3.63, 3.8) is 0 Å². The quantitative estimate of drug-likeness (QED) is 0.791. The minimum Gasteiger partial charge on any atom is -0.372 e. The van der Waals surface area contributed by atoms with E-state index < -0.39 is 0 Å².